The second-order valence-corrected chi connectivity index (χ2v) is 4.96. The van der Waals surface area contributed by atoms with E-state index >= 15 is 0 Å². The lowest BCUT2D eigenvalue weighted by Gasteiger charge is -2.18. The number of nitrogens with zero attached hydrogens (tertiary/aromatic N) is 1. The summed E-state index contributed by atoms with van der Waals surface area (Å²) in [5.74, 6) is -0.469. The van der Waals surface area contributed by atoms with E-state index in [1.165, 1.54) is 0 Å². The lowest BCUT2D eigenvalue weighted by Crippen LogP contribution is -2.38. The molecule has 2 N–H and O–H groups in total. The molecule has 0 aliphatic carbocycles. The van der Waals surface area contributed by atoms with Gasteiger partial charge in [0, 0.05) is 11.8 Å². The average molecular weight is 321 g/mol. The van der Waals surface area contributed by atoms with Crippen LogP contribution in [0.3, 0.4) is 0 Å². The number of rotatable bonds is 3. The molecule has 0 fully saturated rings. The summed E-state index contributed by atoms with van der Waals surface area (Å²) in [7, 11) is 0. The number of amidine groups is 1. The Balaban J connectivity index is 1.64. The van der Waals surface area contributed by atoms with Crippen molar-refractivity contribution in [2.45, 2.75) is 6.35 Å². The molecule has 0 bridgehead atoms. The number of esters is 1. The Morgan fingerprint density at radius 2 is 1.58 bits per heavy atom. The number of hydrogen-bond acceptors (Lipinski definition) is 5. The highest BCUT2D eigenvalue weighted by Crippen LogP contribution is 2.06. The van der Waals surface area contributed by atoms with Gasteiger partial charge in [-0.1, -0.05) is 36.4 Å². The van der Waals surface area contributed by atoms with Crippen molar-refractivity contribution in [2.75, 3.05) is 0 Å². The van der Waals surface area contributed by atoms with E-state index in [1.807, 2.05) is 12.1 Å². The van der Waals surface area contributed by atoms with Crippen LogP contribution in [0.2, 0.25) is 0 Å². The molecule has 0 aromatic heterocycles. The number of carbonyl (C=O) groups excluding carboxylic acids is 2. The third-order valence-electron chi connectivity index (χ3n) is 3.24. The van der Waals surface area contributed by atoms with E-state index in [2.05, 4.69) is 15.6 Å². The highest BCUT2D eigenvalue weighted by Gasteiger charge is 2.17. The standard InChI is InChI=1S/C18H15N3O3/c22-16(13-7-3-1-4-8-13)20-15-11-12-19-18(21-15)24-17(23)14-9-5-2-6-10-14/h1-12,18-19H,(H,20,21,22). The Morgan fingerprint density at radius 3 is 2.25 bits per heavy atom. The summed E-state index contributed by atoms with van der Waals surface area (Å²) in [6, 6.07) is 17.4. The van der Waals surface area contributed by atoms with Crippen LogP contribution in [0, 0.1) is 0 Å². The van der Waals surface area contributed by atoms with Gasteiger partial charge in [-0.2, -0.15) is 0 Å². The SMILES string of the molecule is O=C(NC1=NC(OC(=O)c2ccccc2)NC=C1)c1ccccc1. The summed E-state index contributed by atoms with van der Waals surface area (Å²) in [5, 5.41) is 5.47. The number of nitrogens with one attached hydrogen (secondary N) is 2. The van der Waals surface area contributed by atoms with E-state index in [1.54, 1.807) is 60.8 Å². The smallest absolute Gasteiger partial charge is 0.341 e. The summed E-state index contributed by atoms with van der Waals surface area (Å²) in [4.78, 5) is 28.3. The second-order valence-electron chi connectivity index (χ2n) is 4.96. The maximum Gasteiger partial charge on any atom is 0.341 e. The van der Waals surface area contributed by atoms with Crippen LogP contribution in [0.5, 0.6) is 0 Å². The largest absolute Gasteiger partial charge is 0.417 e. The minimum atomic E-state index is -0.895. The van der Waals surface area contributed by atoms with Gasteiger partial charge in [-0.05, 0) is 30.3 Å². The van der Waals surface area contributed by atoms with Gasteiger partial charge in [0.15, 0.2) is 0 Å². The van der Waals surface area contributed by atoms with Crippen LogP contribution in [-0.2, 0) is 4.74 Å². The summed E-state index contributed by atoms with van der Waals surface area (Å²) in [6.07, 6.45) is 2.26. The van der Waals surface area contributed by atoms with Crippen LogP contribution in [0.15, 0.2) is 77.9 Å². The zero-order valence-electron chi connectivity index (χ0n) is 12.7. The van der Waals surface area contributed by atoms with Crippen LogP contribution in [0.25, 0.3) is 0 Å². The topological polar surface area (TPSA) is 79.8 Å². The van der Waals surface area contributed by atoms with Crippen molar-refractivity contribution in [1.29, 1.82) is 0 Å². The van der Waals surface area contributed by atoms with Gasteiger partial charge in [0.25, 0.3) is 12.3 Å². The zero-order chi connectivity index (χ0) is 16.8. The van der Waals surface area contributed by atoms with E-state index < -0.39 is 12.3 Å². The van der Waals surface area contributed by atoms with Crippen LogP contribution in [-0.4, -0.2) is 24.1 Å². The molecule has 1 amide bonds. The van der Waals surface area contributed by atoms with Crippen molar-refractivity contribution in [3.63, 3.8) is 0 Å². The molecule has 0 saturated heterocycles. The molecule has 3 rings (SSSR count). The quantitative estimate of drug-likeness (QED) is 0.848. The molecule has 0 saturated carbocycles. The number of hydrogen-bond donors (Lipinski definition) is 2. The number of benzene rings is 2. The van der Waals surface area contributed by atoms with Gasteiger partial charge >= 0.3 is 5.97 Å². The van der Waals surface area contributed by atoms with Crippen LogP contribution in [0.4, 0.5) is 0 Å². The minimum absolute atomic E-state index is 0.283. The molecule has 2 aromatic carbocycles. The van der Waals surface area contributed by atoms with Crippen molar-refractivity contribution < 1.29 is 14.3 Å². The van der Waals surface area contributed by atoms with Crippen LogP contribution in [0.1, 0.15) is 20.7 Å². The van der Waals surface area contributed by atoms with Gasteiger partial charge < -0.3 is 15.4 Å². The number of aliphatic imine (C=N–C) groups is 1. The fourth-order valence-corrected chi connectivity index (χ4v) is 2.07. The Labute approximate surface area is 138 Å². The maximum atomic E-state index is 12.1. The summed E-state index contributed by atoms with van der Waals surface area (Å²) < 4.78 is 5.25. The molecule has 1 unspecified atom stereocenters. The minimum Gasteiger partial charge on any atom is -0.417 e. The molecule has 1 aliphatic rings. The Hall–Kier alpha value is -3.41. The molecule has 120 valence electrons. The lowest BCUT2D eigenvalue weighted by atomic mass is 10.2. The first-order chi connectivity index (χ1) is 11.7. The Bertz CT molecular complexity index is 786. The van der Waals surface area contributed by atoms with E-state index in [0.29, 0.717) is 17.0 Å². The Morgan fingerprint density at radius 1 is 0.958 bits per heavy atom. The highest BCUT2D eigenvalue weighted by atomic mass is 16.6. The average Bonchev–Trinajstić information content (AvgIpc) is 2.63. The van der Waals surface area contributed by atoms with Gasteiger partial charge in [-0.15, -0.1) is 0 Å². The van der Waals surface area contributed by atoms with Gasteiger partial charge in [-0.3, -0.25) is 4.79 Å². The highest BCUT2D eigenvalue weighted by molar-refractivity contribution is 6.10. The fourth-order valence-electron chi connectivity index (χ4n) is 2.07. The molecule has 24 heavy (non-hydrogen) atoms. The van der Waals surface area contributed by atoms with Crippen molar-refractivity contribution in [3.05, 3.63) is 84.1 Å². The molecule has 1 aliphatic heterocycles. The van der Waals surface area contributed by atoms with Gasteiger partial charge in [0.1, 0.15) is 5.84 Å². The summed E-state index contributed by atoms with van der Waals surface area (Å²) in [6.45, 7) is 0. The second kappa shape index (κ2) is 7.23. The van der Waals surface area contributed by atoms with Crippen molar-refractivity contribution in [1.82, 2.24) is 10.6 Å². The first-order valence-electron chi connectivity index (χ1n) is 7.35. The van der Waals surface area contributed by atoms with Crippen LogP contribution < -0.4 is 10.6 Å². The molecular weight excluding hydrogens is 306 g/mol. The molecule has 1 atom stereocenters. The van der Waals surface area contributed by atoms with E-state index in [4.69, 9.17) is 4.74 Å². The Kier molecular flexibility index (Phi) is 4.67. The molecule has 6 heteroatoms. The normalized spacial score (nSPS) is 15.8. The number of ether oxygens (including phenoxy) is 1. The first-order valence-corrected chi connectivity index (χ1v) is 7.35. The van der Waals surface area contributed by atoms with E-state index in [9.17, 15) is 9.59 Å². The zero-order valence-corrected chi connectivity index (χ0v) is 12.7. The maximum absolute atomic E-state index is 12.1. The fraction of sp³-hybridized carbons (Fsp3) is 0.0556. The van der Waals surface area contributed by atoms with Gasteiger partial charge in [0.05, 0.1) is 5.56 Å². The number of amides is 1. The third kappa shape index (κ3) is 3.86. The van der Waals surface area contributed by atoms with Crippen molar-refractivity contribution >= 4 is 17.7 Å². The van der Waals surface area contributed by atoms with Gasteiger partial charge in [-0.25, -0.2) is 9.79 Å². The van der Waals surface area contributed by atoms with Crippen molar-refractivity contribution in [2.24, 2.45) is 4.99 Å². The van der Waals surface area contributed by atoms with E-state index in [0.717, 1.165) is 0 Å². The van der Waals surface area contributed by atoms with Crippen LogP contribution >= 0.6 is 0 Å². The lowest BCUT2D eigenvalue weighted by molar-refractivity contribution is 0.0272. The third-order valence-corrected chi connectivity index (χ3v) is 3.24. The van der Waals surface area contributed by atoms with E-state index in [-0.39, 0.29) is 5.91 Å². The molecule has 2 aromatic rings. The predicted molar refractivity (Wildman–Crippen MR) is 89.3 cm³/mol. The summed E-state index contributed by atoms with van der Waals surface area (Å²) in [5.41, 5.74) is 0.948. The molecular formula is C18H15N3O3. The summed E-state index contributed by atoms with van der Waals surface area (Å²) >= 11 is 0. The molecule has 6 nitrogen and oxygen atoms in total. The predicted octanol–water partition coefficient (Wildman–Crippen LogP) is 2.07. The van der Waals surface area contributed by atoms with Gasteiger partial charge in [0.2, 0.25) is 0 Å². The number of carbonyl (C=O) groups is 2. The molecule has 1 heterocycles. The van der Waals surface area contributed by atoms with Crippen molar-refractivity contribution in [3.8, 4) is 0 Å². The molecule has 0 radical (unpaired) electrons. The first kappa shape index (κ1) is 15.5. The molecule has 0 spiro atoms. The monoisotopic (exact) mass is 321 g/mol.